The summed E-state index contributed by atoms with van der Waals surface area (Å²) < 4.78 is 29.2. The molecule has 1 N–H and O–H groups in total. The van der Waals surface area contributed by atoms with Gasteiger partial charge in [0.15, 0.2) is 9.84 Å². The lowest BCUT2D eigenvalue weighted by Gasteiger charge is -2.11. The maximum absolute atomic E-state index is 11.6. The topological polar surface area (TPSA) is 55.4 Å². The zero-order valence-corrected chi connectivity index (χ0v) is 13.1. The lowest BCUT2D eigenvalue weighted by Crippen LogP contribution is -2.22. The molecule has 0 bridgehead atoms. The number of nitrogens with one attached hydrogen (secondary N) is 1. The normalized spacial score (nSPS) is 11.6. The number of rotatable bonds is 6. The summed E-state index contributed by atoms with van der Waals surface area (Å²) in [4.78, 5) is 0. The van der Waals surface area contributed by atoms with Crippen LogP contribution in [0.4, 0.5) is 5.69 Å². The van der Waals surface area contributed by atoms with Crippen molar-refractivity contribution in [1.29, 1.82) is 0 Å². The van der Waals surface area contributed by atoms with Crippen LogP contribution >= 0.6 is 15.9 Å². The standard InChI is InChI=1S/C12H18BrNO3S/c1-9(2)18(15,16)7-6-14-10-4-5-12(17-3)11(13)8-10/h4-5,8-9,14H,6-7H2,1-3H3. The van der Waals surface area contributed by atoms with Crippen molar-refractivity contribution in [1.82, 2.24) is 0 Å². The molecule has 0 aliphatic rings. The van der Waals surface area contributed by atoms with Gasteiger partial charge in [0.1, 0.15) is 5.75 Å². The van der Waals surface area contributed by atoms with Crippen molar-refractivity contribution in [2.24, 2.45) is 0 Å². The predicted molar refractivity (Wildman–Crippen MR) is 78.1 cm³/mol. The molecule has 0 saturated carbocycles. The molecule has 0 heterocycles. The quantitative estimate of drug-likeness (QED) is 0.868. The molecular weight excluding hydrogens is 318 g/mol. The minimum atomic E-state index is -2.99. The van der Waals surface area contributed by atoms with Gasteiger partial charge in [-0.2, -0.15) is 0 Å². The lowest BCUT2D eigenvalue weighted by molar-refractivity contribution is 0.412. The minimum Gasteiger partial charge on any atom is -0.496 e. The van der Waals surface area contributed by atoms with Gasteiger partial charge in [-0.25, -0.2) is 8.42 Å². The van der Waals surface area contributed by atoms with E-state index in [1.807, 2.05) is 18.2 Å². The van der Waals surface area contributed by atoms with Crippen LogP contribution in [0.3, 0.4) is 0 Å². The first-order chi connectivity index (χ1) is 8.36. The van der Waals surface area contributed by atoms with E-state index in [0.29, 0.717) is 6.54 Å². The highest BCUT2D eigenvalue weighted by Gasteiger charge is 2.15. The SMILES string of the molecule is COc1ccc(NCCS(=O)(=O)C(C)C)cc1Br. The molecule has 1 aromatic carbocycles. The van der Waals surface area contributed by atoms with Gasteiger partial charge in [-0.1, -0.05) is 0 Å². The summed E-state index contributed by atoms with van der Waals surface area (Å²) in [5, 5.41) is 2.75. The fourth-order valence-corrected chi connectivity index (χ4v) is 2.75. The third-order valence-electron chi connectivity index (χ3n) is 2.59. The molecule has 0 aromatic heterocycles. The highest BCUT2D eigenvalue weighted by atomic mass is 79.9. The van der Waals surface area contributed by atoms with Crippen LogP contribution < -0.4 is 10.1 Å². The van der Waals surface area contributed by atoms with E-state index in [1.165, 1.54) is 0 Å². The van der Waals surface area contributed by atoms with Gasteiger partial charge in [0.25, 0.3) is 0 Å². The first kappa shape index (κ1) is 15.3. The predicted octanol–water partition coefficient (Wildman–Crippen LogP) is 2.69. The largest absolute Gasteiger partial charge is 0.496 e. The van der Waals surface area contributed by atoms with Crippen molar-refractivity contribution in [2.45, 2.75) is 19.1 Å². The molecular formula is C12H18BrNO3S. The van der Waals surface area contributed by atoms with Gasteiger partial charge in [-0.15, -0.1) is 0 Å². The summed E-state index contributed by atoms with van der Waals surface area (Å²) in [6, 6.07) is 5.54. The van der Waals surface area contributed by atoms with E-state index in [1.54, 1.807) is 21.0 Å². The van der Waals surface area contributed by atoms with Crippen molar-refractivity contribution in [3.63, 3.8) is 0 Å². The van der Waals surface area contributed by atoms with E-state index in [-0.39, 0.29) is 11.0 Å². The third kappa shape index (κ3) is 4.17. The second-order valence-corrected chi connectivity index (χ2v) is 7.72. The van der Waals surface area contributed by atoms with Crippen molar-refractivity contribution >= 4 is 31.5 Å². The van der Waals surface area contributed by atoms with E-state index in [9.17, 15) is 8.42 Å². The van der Waals surface area contributed by atoms with Crippen molar-refractivity contribution in [3.05, 3.63) is 22.7 Å². The average molecular weight is 336 g/mol. The molecule has 0 unspecified atom stereocenters. The number of benzene rings is 1. The van der Waals surface area contributed by atoms with Gasteiger partial charge in [-0.3, -0.25) is 0 Å². The molecule has 0 fully saturated rings. The summed E-state index contributed by atoms with van der Waals surface area (Å²) >= 11 is 3.38. The molecule has 0 amide bonds. The first-order valence-corrected chi connectivity index (χ1v) is 8.16. The molecule has 0 spiro atoms. The first-order valence-electron chi connectivity index (χ1n) is 5.66. The Morgan fingerprint density at radius 2 is 2.06 bits per heavy atom. The van der Waals surface area contributed by atoms with Gasteiger partial charge >= 0.3 is 0 Å². The van der Waals surface area contributed by atoms with Crippen LogP contribution in [0.1, 0.15) is 13.8 Å². The van der Waals surface area contributed by atoms with E-state index in [0.717, 1.165) is 15.9 Å². The zero-order valence-electron chi connectivity index (χ0n) is 10.7. The fourth-order valence-electron chi connectivity index (χ4n) is 1.35. The number of halogens is 1. The van der Waals surface area contributed by atoms with Crippen LogP contribution in [0.25, 0.3) is 0 Å². The lowest BCUT2D eigenvalue weighted by atomic mass is 10.3. The van der Waals surface area contributed by atoms with E-state index in [4.69, 9.17) is 4.74 Å². The summed E-state index contributed by atoms with van der Waals surface area (Å²) in [7, 11) is -1.39. The third-order valence-corrected chi connectivity index (χ3v) is 5.42. The second-order valence-electron chi connectivity index (χ2n) is 4.19. The van der Waals surface area contributed by atoms with Gasteiger partial charge in [0.05, 0.1) is 22.6 Å². The van der Waals surface area contributed by atoms with Gasteiger partial charge < -0.3 is 10.1 Å². The van der Waals surface area contributed by atoms with Crippen LogP contribution in [-0.4, -0.2) is 33.1 Å². The Morgan fingerprint density at radius 3 is 2.56 bits per heavy atom. The molecule has 0 aliphatic carbocycles. The van der Waals surface area contributed by atoms with Crippen LogP contribution in [0, 0.1) is 0 Å². The molecule has 0 atom stereocenters. The van der Waals surface area contributed by atoms with Crippen molar-refractivity contribution in [2.75, 3.05) is 24.7 Å². The maximum Gasteiger partial charge on any atom is 0.154 e. The molecule has 102 valence electrons. The maximum atomic E-state index is 11.6. The number of anilines is 1. The molecule has 6 heteroatoms. The Balaban J connectivity index is 2.57. The highest BCUT2D eigenvalue weighted by Crippen LogP contribution is 2.27. The van der Waals surface area contributed by atoms with Gasteiger partial charge in [-0.05, 0) is 48.0 Å². The highest BCUT2D eigenvalue weighted by molar-refractivity contribution is 9.10. The Labute approximate surface area is 117 Å². The smallest absolute Gasteiger partial charge is 0.154 e. The fraction of sp³-hybridized carbons (Fsp3) is 0.500. The Morgan fingerprint density at radius 1 is 1.39 bits per heavy atom. The van der Waals surface area contributed by atoms with Crippen LogP contribution in [0.5, 0.6) is 5.75 Å². The Bertz CT molecular complexity index is 500. The monoisotopic (exact) mass is 335 g/mol. The summed E-state index contributed by atoms with van der Waals surface area (Å²) in [6.45, 7) is 3.79. The molecule has 18 heavy (non-hydrogen) atoms. The summed E-state index contributed by atoms with van der Waals surface area (Å²) in [5.74, 6) is 0.879. The average Bonchev–Trinajstić information content (AvgIpc) is 2.29. The molecule has 0 aliphatic heterocycles. The van der Waals surface area contributed by atoms with Gasteiger partial charge in [0.2, 0.25) is 0 Å². The van der Waals surface area contributed by atoms with Crippen LogP contribution in [0.2, 0.25) is 0 Å². The van der Waals surface area contributed by atoms with Gasteiger partial charge in [0, 0.05) is 12.2 Å². The van der Waals surface area contributed by atoms with Crippen molar-refractivity contribution in [3.8, 4) is 5.75 Å². The molecule has 4 nitrogen and oxygen atoms in total. The molecule has 1 aromatic rings. The number of sulfone groups is 1. The minimum absolute atomic E-state index is 0.133. The summed E-state index contributed by atoms with van der Waals surface area (Å²) in [6.07, 6.45) is 0. The summed E-state index contributed by atoms with van der Waals surface area (Å²) in [5.41, 5.74) is 0.863. The van der Waals surface area contributed by atoms with Crippen LogP contribution in [0.15, 0.2) is 22.7 Å². The van der Waals surface area contributed by atoms with E-state index < -0.39 is 9.84 Å². The number of methoxy groups -OCH3 is 1. The van der Waals surface area contributed by atoms with Crippen molar-refractivity contribution < 1.29 is 13.2 Å². The van der Waals surface area contributed by atoms with E-state index >= 15 is 0 Å². The van der Waals surface area contributed by atoms with Crippen LogP contribution in [-0.2, 0) is 9.84 Å². The molecule has 1 rings (SSSR count). The van der Waals surface area contributed by atoms with E-state index in [2.05, 4.69) is 21.2 Å². The Hall–Kier alpha value is -0.750. The zero-order chi connectivity index (χ0) is 13.8. The molecule has 0 radical (unpaired) electrons. The second kappa shape index (κ2) is 6.43. The number of hydrogen-bond donors (Lipinski definition) is 1. The molecule has 0 saturated heterocycles. The number of hydrogen-bond acceptors (Lipinski definition) is 4. The number of ether oxygens (including phenoxy) is 1. The Kier molecular flexibility index (Phi) is 5.47.